The molecule has 0 N–H and O–H groups in total. The van der Waals surface area contributed by atoms with E-state index in [1.165, 1.54) is 36.4 Å². The second-order valence-corrected chi connectivity index (χ2v) is 9.13. The van der Waals surface area contributed by atoms with E-state index >= 15 is 0 Å². The van der Waals surface area contributed by atoms with Crippen molar-refractivity contribution in [1.82, 2.24) is 14.9 Å². The van der Waals surface area contributed by atoms with E-state index in [-0.39, 0.29) is 17.4 Å². The van der Waals surface area contributed by atoms with Gasteiger partial charge in [0.1, 0.15) is 17.5 Å². The average Bonchev–Trinajstić information content (AvgIpc) is 3.71. The van der Waals surface area contributed by atoms with E-state index in [1.54, 1.807) is 17.0 Å². The lowest BCUT2D eigenvalue weighted by molar-refractivity contribution is -0.384. The molecule has 2 fully saturated rings. The predicted octanol–water partition coefficient (Wildman–Crippen LogP) is 4.26. The number of carbonyl (C=O) groups excluding carboxylic acids is 1. The third kappa shape index (κ3) is 4.99. The van der Waals surface area contributed by atoms with Crippen LogP contribution in [0.3, 0.4) is 0 Å². The molecule has 2 aliphatic rings. The maximum Gasteiger partial charge on any atom is 0.269 e. The van der Waals surface area contributed by atoms with Crippen LogP contribution < -0.4 is 4.90 Å². The second kappa shape index (κ2) is 9.40. The maximum atomic E-state index is 13.2. The summed E-state index contributed by atoms with van der Waals surface area (Å²) in [6, 6.07) is 12.2. The number of hydrogen-bond donors (Lipinski definition) is 0. The van der Waals surface area contributed by atoms with Crippen molar-refractivity contribution in [2.24, 2.45) is 0 Å². The summed E-state index contributed by atoms with van der Waals surface area (Å²) in [6.45, 7) is 4.32. The van der Waals surface area contributed by atoms with Crippen LogP contribution in [0.15, 0.2) is 48.5 Å². The quantitative estimate of drug-likeness (QED) is 0.391. The minimum Gasteiger partial charge on any atom is -0.353 e. The molecule has 180 valence electrons. The summed E-state index contributed by atoms with van der Waals surface area (Å²) in [7, 11) is 0. The average molecular weight is 476 g/mol. The number of hydrogen-bond acceptors (Lipinski definition) is 6. The van der Waals surface area contributed by atoms with Crippen molar-refractivity contribution in [3.05, 3.63) is 92.7 Å². The Balaban J connectivity index is 1.37. The van der Waals surface area contributed by atoms with Crippen molar-refractivity contribution in [3.8, 4) is 0 Å². The highest BCUT2D eigenvalue weighted by molar-refractivity contribution is 5.94. The lowest BCUT2D eigenvalue weighted by Gasteiger charge is -2.36. The fraction of sp³-hybridized carbons (Fsp3) is 0.346. The van der Waals surface area contributed by atoms with E-state index < -0.39 is 4.92 Å². The first-order valence-electron chi connectivity index (χ1n) is 11.8. The molecular formula is C26H26FN5O3. The summed E-state index contributed by atoms with van der Waals surface area (Å²) in [5, 5.41) is 11.0. The van der Waals surface area contributed by atoms with E-state index in [0.29, 0.717) is 44.1 Å². The molecule has 0 unspecified atom stereocenters. The van der Waals surface area contributed by atoms with Gasteiger partial charge in [-0.3, -0.25) is 14.9 Å². The van der Waals surface area contributed by atoms with Crippen molar-refractivity contribution in [2.75, 3.05) is 31.1 Å². The first kappa shape index (κ1) is 22.9. The van der Waals surface area contributed by atoms with E-state index in [0.717, 1.165) is 41.3 Å². The Labute approximate surface area is 202 Å². The van der Waals surface area contributed by atoms with E-state index in [4.69, 9.17) is 9.97 Å². The van der Waals surface area contributed by atoms with Gasteiger partial charge in [-0.25, -0.2) is 14.4 Å². The van der Waals surface area contributed by atoms with Gasteiger partial charge in [0.2, 0.25) is 0 Å². The number of carbonyl (C=O) groups is 1. The highest BCUT2D eigenvalue weighted by Crippen LogP contribution is 2.39. The van der Waals surface area contributed by atoms with Gasteiger partial charge in [-0.1, -0.05) is 12.1 Å². The molecule has 2 aromatic carbocycles. The summed E-state index contributed by atoms with van der Waals surface area (Å²) in [5.41, 5.74) is 3.41. The lowest BCUT2D eigenvalue weighted by atomic mass is 10.0. The van der Waals surface area contributed by atoms with E-state index in [2.05, 4.69) is 4.90 Å². The molecule has 1 saturated heterocycles. The van der Waals surface area contributed by atoms with Crippen molar-refractivity contribution >= 4 is 17.4 Å². The number of anilines is 1. The monoisotopic (exact) mass is 475 g/mol. The van der Waals surface area contributed by atoms with E-state index in [9.17, 15) is 19.3 Å². The number of nitrogens with zero attached hydrogens (tertiary/aromatic N) is 5. The molecule has 1 amide bonds. The molecule has 9 heteroatoms. The molecule has 35 heavy (non-hydrogen) atoms. The van der Waals surface area contributed by atoms with Crippen LogP contribution in [0, 0.1) is 22.9 Å². The summed E-state index contributed by atoms with van der Waals surface area (Å²) in [6.07, 6.45) is 2.76. The molecule has 2 heterocycles. The zero-order valence-electron chi connectivity index (χ0n) is 19.5. The summed E-state index contributed by atoms with van der Waals surface area (Å²) in [4.78, 5) is 37.2. The Morgan fingerprint density at radius 3 is 2.29 bits per heavy atom. The SMILES string of the molecule is Cc1nc(C2CC2)nc(N2CCN(C(=O)c3ccc(F)cc3)CC2)c1Cc1ccc([N+](=O)[O-])cc1. The molecule has 1 aromatic heterocycles. The minimum absolute atomic E-state index is 0.0629. The van der Waals surface area contributed by atoms with Crippen LogP contribution in [0.4, 0.5) is 15.9 Å². The number of aromatic nitrogens is 2. The number of benzene rings is 2. The van der Waals surface area contributed by atoms with Crippen LogP contribution in [0.25, 0.3) is 0 Å². The number of aryl methyl sites for hydroxylation is 1. The summed E-state index contributed by atoms with van der Waals surface area (Å²) >= 11 is 0. The van der Waals surface area contributed by atoms with E-state index in [1.807, 2.05) is 6.92 Å². The fourth-order valence-corrected chi connectivity index (χ4v) is 4.43. The van der Waals surface area contributed by atoms with Crippen LogP contribution in [-0.2, 0) is 6.42 Å². The van der Waals surface area contributed by atoms with Crippen molar-refractivity contribution in [2.45, 2.75) is 32.1 Å². The van der Waals surface area contributed by atoms with Crippen LogP contribution in [0.1, 0.15) is 51.8 Å². The topological polar surface area (TPSA) is 92.5 Å². The first-order chi connectivity index (χ1) is 16.9. The van der Waals surface area contributed by atoms with Gasteiger partial charge < -0.3 is 9.80 Å². The number of rotatable bonds is 6. The standard InChI is InChI=1S/C26H26FN5O3/c1-17-23(16-18-2-10-22(11-3-18)32(34)35)25(29-24(28-17)19-4-5-19)30-12-14-31(15-13-30)26(33)20-6-8-21(27)9-7-20/h2-3,6-11,19H,4-5,12-16H2,1H3. The maximum absolute atomic E-state index is 13.2. The highest BCUT2D eigenvalue weighted by Gasteiger charge is 2.30. The van der Waals surface area contributed by atoms with Gasteiger partial charge in [0.15, 0.2) is 0 Å². The third-order valence-corrected chi connectivity index (χ3v) is 6.64. The van der Waals surface area contributed by atoms with Crippen LogP contribution in [-0.4, -0.2) is 51.9 Å². The molecule has 0 atom stereocenters. The number of amides is 1. The second-order valence-electron chi connectivity index (χ2n) is 9.13. The van der Waals surface area contributed by atoms with Gasteiger partial charge >= 0.3 is 0 Å². The Morgan fingerprint density at radius 1 is 1.03 bits per heavy atom. The molecule has 1 aliphatic carbocycles. The van der Waals surface area contributed by atoms with Gasteiger partial charge in [-0.15, -0.1) is 0 Å². The molecule has 5 rings (SSSR count). The fourth-order valence-electron chi connectivity index (χ4n) is 4.43. The van der Waals surface area contributed by atoms with Crippen LogP contribution in [0.2, 0.25) is 0 Å². The highest BCUT2D eigenvalue weighted by atomic mass is 19.1. The molecule has 0 spiro atoms. The van der Waals surface area contributed by atoms with Crippen molar-refractivity contribution < 1.29 is 14.1 Å². The normalized spacial score (nSPS) is 15.8. The molecule has 0 radical (unpaired) electrons. The Bertz CT molecular complexity index is 1250. The number of halogens is 1. The lowest BCUT2D eigenvalue weighted by Crippen LogP contribution is -2.49. The Kier molecular flexibility index (Phi) is 6.15. The molecule has 1 aliphatic heterocycles. The zero-order valence-corrected chi connectivity index (χ0v) is 19.5. The molecule has 0 bridgehead atoms. The molecule has 1 saturated carbocycles. The van der Waals surface area contributed by atoms with Crippen LogP contribution >= 0.6 is 0 Å². The molecular weight excluding hydrogens is 449 g/mol. The summed E-state index contributed by atoms with van der Waals surface area (Å²) in [5.74, 6) is 1.69. The minimum atomic E-state index is -0.402. The van der Waals surface area contributed by atoms with Gasteiger partial charge in [0.25, 0.3) is 11.6 Å². The van der Waals surface area contributed by atoms with Crippen LogP contribution in [0.5, 0.6) is 0 Å². The number of non-ortho nitro benzene ring substituents is 1. The summed E-state index contributed by atoms with van der Waals surface area (Å²) < 4.78 is 13.2. The largest absolute Gasteiger partial charge is 0.353 e. The third-order valence-electron chi connectivity index (χ3n) is 6.64. The smallest absolute Gasteiger partial charge is 0.269 e. The predicted molar refractivity (Wildman–Crippen MR) is 129 cm³/mol. The number of piperazine rings is 1. The molecule has 3 aromatic rings. The Hall–Kier alpha value is -3.88. The number of nitro benzene ring substituents is 1. The van der Waals surface area contributed by atoms with Gasteiger partial charge in [-0.05, 0) is 49.6 Å². The van der Waals surface area contributed by atoms with Gasteiger partial charge in [0.05, 0.1) is 4.92 Å². The number of nitro groups is 1. The molecule has 8 nitrogen and oxygen atoms in total. The van der Waals surface area contributed by atoms with Gasteiger partial charge in [-0.2, -0.15) is 0 Å². The van der Waals surface area contributed by atoms with Crippen molar-refractivity contribution in [3.63, 3.8) is 0 Å². The van der Waals surface area contributed by atoms with Gasteiger partial charge in [0, 0.05) is 67.5 Å². The zero-order chi connectivity index (χ0) is 24.5. The first-order valence-corrected chi connectivity index (χ1v) is 11.8. The van der Waals surface area contributed by atoms with Crippen molar-refractivity contribution in [1.29, 1.82) is 0 Å². The Morgan fingerprint density at radius 2 is 1.69 bits per heavy atom.